The van der Waals surface area contributed by atoms with Crippen LogP contribution in [0.15, 0.2) is 43.0 Å². The first-order chi connectivity index (χ1) is 8.47. The summed E-state index contributed by atoms with van der Waals surface area (Å²) in [5.74, 6) is -0.243. The average molecular weight is 254 g/mol. The third-order valence-electron chi connectivity index (χ3n) is 2.43. The van der Waals surface area contributed by atoms with Crippen LogP contribution >= 0.6 is 0 Å². The van der Waals surface area contributed by atoms with Gasteiger partial charge in [0.2, 0.25) is 5.91 Å². The van der Waals surface area contributed by atoms with Gasteiger partial charge < -0.3 is 0 Å². The van der Waals surface area contributed by atoms with Crippen LogP contribution in [0.2, 0.25) is 0 Å². The summed E-state index contributed by atoms with van der Waals surface area (Å²) in [5.41, 5.74) is -0.192. The number of hydrogen-bond acceptors (Lipinski definition) is 2. The molecule has 0 fully saturated rings. The van der Waals surface area contributed by atoms with Crippen molar-refractivity contribution in [3.63, 3.8) is 0 Å². The molecule has 6 heteroatoms. The SMILES string of the molecule is O=C(Cc1ccc(C(F)(F)F)cc1)n1ccnc1. The quantitative estimate of drug-likeness (QED) is 0.826. The molecule has 0 radical (unpaired) electrons. The van der Waals surface area contributed by atoms with Gasteiger partial charge >= 0.3 is 6.18 Å². The van der Waals surface area contributed by atoms with Crippen molar-refractivity contribution in [2.24, 2.45) is 0 Å². The van der Waals surface area contributed by atoms with Crippen molar-refractivity contribution in [1.29, 1.82) is 0 Å². The molecule has 3 nitrogen and oxygen atoms in total. The van der Waals surface area contributed by atoms with Crippen molar-refractivity contribution < 1.29 is 18.0 Å². The Morgan fingerprint density at radius 1 is 1.22 bits per heavy atom. The second-order valence-electron chi connectivity index (χ2n) is 3.74. The molecule has 0 atom stereocenters. The lowest BCUT2D eigenvalue weighted by molar-refractivity contribution is -0.137. The first-order valence-corrected chi connectivity index (χ1v) is 5.14. The average Bonchev–Trinajstić information content (AvgIpc) is 2.82. The van der Waals surface area contributed by atoms with E-state index in [1.165, 1.54) is 35.4 Å². The Morgan fingerprint density at radius 3 is 2.39 bits per heavy atom. The molecule has 94 valence electrons. The van der Waals surface area contributed by atoms with E-state index in [9.17, 15) is 18.0 Å². The number of alkyl halides is 3. The lowest BCUT2D eigenvalue weighted by Crippen LogP contribution is -2.11. The van der Waals surface area contributed by atoms with Crippen LogP contribution in [-0.4, -0.2) is 15.5 Å². The van der Waals surface area contributed by atoms with Gasteiger partial charge in [-0.1, -0.05) is 12.1 Å². The third-order valence-corrected chi connectivity index (χ3v) is 2.43. The van der Waals surface area contributed by atoms with E-state index in [2.05, 4.69) is 4.98 Å². The second-order valence-corrected chi connectivity index (χ2v) is 3.74. The molecule has 0 amide bonds. The molecule has 0 bridgehead atoms. The summed E-state index contributed by atoms with van der Waals surface area (Å²) in [6.45, 7) is 0. The standard InChI is InChI=1S/C12H9F3N2O/c13-12(14,15)10-3-1-9(2-4-10)7-11(18)17-6-5-16-8-17/h1-6,8H,7H2. The molecule has 1 aromatic carbocycles. The van der Waals surface area contributed by atoms with E-state index in [-0.39, 0.29) is 12.3 Å². The smallest absolute Gasteiger partial charge is 0.276 e. The van der Waals surface area contributed by atoms with Gasteiger partial charge in [0.25, 0.3) is 0 Å². The first kappa shape index (κ1) is 12.3. The van der Waals surface area contributed by atoms with Crippen molar-refractivity contribution in [2.45, 2.75) is 12.6 Å². The molecular formula is C12H9F3N2O. The Hall–Kier alpha value is -2.11. The molecule has 2 aromatic rings. The summed E-state index contributed by atoms with van der Waals surface area (Å²) in [7, 11) is 0. The summed E-state index contributed by atoms with van der Waals surface area (Å²) >= 11 is 0. The molecule has 0 saturated carbocycles. The van der Waals surface area contributed by atoms with Crippen LogP contribution in [0, 0.1) is 0 Å². The summed E-state index contributed by atoms with van der Waals surface area (Å²) in [6, 6.07) is 4.54. The molecular weight excluding hydrogens is 245 g/mol. The lowest BCUT2D eigenvalue weighted by atomic mass is 10.1. The summed E-state index contributed by atoms with van der Waals surface area (Å²) in [6.07, 6.45) is -0.00906. The van der Waals surface area contributed by atoms with Crippen LogP contribution in [-0.2, 0) is 12.6 Å². The van der Waals surface area contributed by atoms with E-state index >= 15 is 0 Å². The molecule has 18 heavy (non-hydrogen) atoms. The third kappa shape index (κ3) is 2.77. The number of carbonyl (C=O) groups is 1. The van der Waals surface area contributed by atoms with Gasteiger partial charge in [-0.05, 0) is 17.7 Å². The van der Waals surface area contributed by atoms with Gasteiger partial charge in [-0.15, -0.1) is 0 Å². The highest BCUT2D eigenvalue weighted by molar-refractivity contribution is 5.80. The fourth-order valence-electron chi connectivity index (χ4n) is 1.48. The highest BCUT2D eigenvalue weighted by Crippen LogP contribution is 2.29. The normalized spacial score (nSPS) is 11.5. The Bertz CT molecular complexity index is 529. The van der Waals surface area contributed by atoms with Crippen molar-refractivity contribution in [3.8, 4) is 0 Å². The minimum Gasteiger partial charge on any atom is -0.276 e. The number of benzene rings is 1. The van der Waals surface area contributed by atoms with Crippen LogP contribution in [0.5, 0.6) is 0 Å². The van der Waals surface area contributed by atoms with Crippen molar-refractivity contribution >= 4 is 5.91 Å². The van der Waals surface area contributed by atoms with Crippen LogP contribution in [0.4, 0.5) is 13.2 Å². The Labute approximate surface area is 101 Å². The first-order valence-electron chi connectivity index (χ1n) is 5.14. The van der Waals surface area contributed by atoms with Crippen LogP contribution < -0.4 is 0 Å². The number of halogens is 3. The van der Waals surface area contributed by atoms with Crippen molar-refractivity contribution in [1.82, 2.24) is 9.55 Å². The fourth-order valence-corrected chi connectivity index (χ4v) is 1.48. The van der Waals surface area contributed by atoms with Crippen molar-refractivity contribution in [3.05, 3.63) is 54.1 Å². The predicted molar refractivity (Wildman–Crippen MR) is 58.0 cm³/mol. The van der Waals surface area contributed by atoms with Gasteiger partial charge in [0.1, 0.15) is 6.33 Å². The molecule has 0 aliphatic carbocycles. The number of aromatic nitrogens is 2. The largest absolute Gasteiger partial charge is 0.416 e. The van der Waals surface area contributed by atoms with E-state index in [1.54, 1.807) is 0 Å². The van der Waals surface area contributed by atoms with E-state index in [0.717, 1.165) is 12.1 Å². The predicted octanol–water partition coefficient (Wildman–Crippen LogP) is 2.78. The number of rotatable bonds is 2. The number of imidazole rings is 1. The minimum atomic E-state index is -4.35. The maximum atomic E-state index is 12.3. The maximum Gasteiger partial charge on any atom is 0.416 e. The van der Waals surface area contributed by atoms with Crippen LogP contribution in [0.25, 0.3) is 0 Å². The van der Waals surface area contributed by atoms with E-state index in [0.29, 0.717) is 5.56 Å². The van der Waals surface area contributed by atoms with E-state index in [1.807, 2.05) is 0 Å². The zero-order valence-corrected chi connectivity index (χ0v) is 9.19. The van der Waals surface area contributed by atoms with Gasteiger partial charge in [-0.3, -0.25) is 9.36 Å². The molecule has 0 unspecified atom stereocenters. The molecule has 1 heterocycles. The summed E-state index contributed by atoms with van der Waals surface area (Å²) < 4.78 is 38.3. The Balaban J connectivity index is 2.09. The highest BCUT2D eigenvalue weighted by atomic mass is 19.4. The zero-order valence-electron chi connectivity index (χ0n) is 9.19. The number of nitrogens with zero attached hydrogens (tertiary/aromatic N) is 2. The fraction of sp³-hybridized carbons (Fsp3) is 0.167. The van der Waals surface area contributed by atoms with Crippen molar-refractivity contribution in [2.75, 3.05) is 0 Å². The molecule has 2 rings (SSSR count). The summed E-state index contributed by atoms with van der Waals surface area (Å²) in [5, 5.41) is 0. The van der Waals surface area contributed by atoms with Crippen LogP contribution in [0.1, 0.15) is 15.9 Å². The van der Waals surface area contributed by atoms with Crippen LogP contribution in [0.3, 0.4) is 0 Å². The van der Waals surface area contributed by atoms with E-state index < -0.39 is 11.7 Å². The molecule has 0 aliphatic heterocycles. The van der Waals surface area contributed by atoms with E-state index in [4.69, 9.17) is 0 Å². The van der Waals surface area contributed by atoms with Gasteiger partial charge in [0.05, 0.1) is 12.0 Å². The highest BCUT2D eigenvalue weighted by Gasteiger charge is 2.29. The topological polar surface area (TPSA) is 34.9 Å². The zero-order chi connectivity index (χ0) is 13.2. The van der Waals surface area contributed by atoms with Gasteiger partial charge in [0, 0.05) is 12.4 Å². The molecule has 0 N–H and O–H groups in total. The number of hydrogen-bond donors (Lipinski definition) is 0. The van der Waals surface area contributed by atoms with Gasteiger partial charge in [-0.25, -0.2) is 4.98 Å². The monoisotopic (exact) mass is 254 g/mol. The molecule has 1 aromatic heterocycles. The molecule has 0 saturated heterocycles. The minimum absolute atomic E-state index is 0.0362. The van der Waals surface area contributed by atoms with Gasteiger partial charge in [-0.2, -0.15) is 13.2 Å². The summed E-state index contributed by atoms with van der Waals surface area (Å²) in [4.78, 5) is 15.4. The second kappa shape index (κ2) is 4.64. The maximum absolute atomic E-state index is 12.3. The number of carbonyl (C=O) groups excluding carboxylic acids is 1. The molecule has 0 spiro atoms. The van der Waals surface area contributed by atoms with Gasteiger partial charge in [0.15, 0.2) is 0 Å². The Morgan fingerprint density at radius 2 is 1.89 bits per heavy atom. The Kier molecular flexibility index (Phi) is 3.18. The lowest BCUT2D eigenvalue weighted by Gasteiger charge is -2.07. The molecule has 0 aliphatic rings.